The molecule has 1 aliphatic carbocycles. The lowest BCUT2D eigenvalue weighted by Crippen LogP contribution is -2.51. The molecule has 1 aliphatic rings. The van der Waals surface area contributed by atoms with Crippen LogP contribution in [0.1, 0.15) is 58.8 Å². The molecule has 0 unspecified atom stereocenters. The summed E-state index contributed by atoms with van der Waals surface area (Å²) in [5.41, 5.74) is -0.103. The molecular weight excluding hydrogens is 222 g/mol. The summed E-state index contributed by atoms with van der Waals surface area (Å²) in [5, 5.41) is 3.17. The van der Waals surface area contributed by atoms with E-state index < -0.39 is 0 Å². The minimum absolute atomic E-state index is 0.103. The highest BCUT2D eigenvalue weighted by molar-refractivity contribution is 6.18. The van der Waals surface area contributed by atoms with Gasteiger partial charge in [0.2, 0.25) is 5.91 Å². The zero-order valence-electron chi connectivity index (χ0n) is 10.5. The summed E-state index contributed by atoms with van der Waals surface area (Å²) in [5.74, 6) is 1.32. The van der Waals surface area contributed by atoms with Crippen LogP contribution in [0, 0.1) is 5.92 Å². The van der Waals surface area contributed by atoms with Crippen molar-refractivity contribution in [2.45, 2.75) is 64.3 Å². The van der Waals surface area contributed by atoms with Crippen LogP contribution in [0.4, 0.5) is 0 Å². The Kier molecular flexibility index (Phi) is 5.60. The largest absolute Gasteiger partial charge is 0.349 e. The van der Waals surface area contributed by atoms with Crippen molar-refractivity contribution in [2.75, 3.05) is 5.88 Å². The summed E-state index contributed by atoms with van der Waals surface area (Å²) in [7, 11) is 0. The molecule has 0 aromatic carbocycles. The van der Waals surface area contributed by atoms with Crippen molar-refractivity contribution in [3.8, 4) is 0 Å². The fourth-order valence-corrected chi connectivity index (χ4v) is 2.63. The normalized spacial score (nSPS) is 19.8. The van der Waals surface area contributed by atoms with Crippen LogP contribution in [0.3, 0.4) is 0 Å². The Hall–Kier alpha value is -0.240. The second-order valence-corrected chi connectivity index (χ2v) is 5.72. The number of alkyl halides is 1. The number of nitrogens with one attached hydrogen (secondary N) is 1. The monoisotopic (exact) mass is 245 g/mol. The molecule has 0 heterocycles. The Balaban J connectivity index is 2.39. The van der Waals surface area contributed by atoms with Gasteiger partial charge in [-0.1, -0.05) is 33.1 Å². The minimum atomic E-state index is -0.103. The SMILES string of the molecule is CC(C)CCC(=O)NC1(CCl)CCCCC1. The molecule has 1 amide bonds. The molecule has 1 rings (SSSR count). The molecular formula is C13H24ClNO. The number of carbonyl (C=O) groups is 1. The maximum atomic E-state index is 11.8. The van der Waals surface area contributed by atoms with Gasteiger partial charge in [0.1, 0.15) is 0 Å². The highest BCUT2D eigenvalue weighted by atomic mass is 35.5. The number of hydrogen-bond acceptors (Lipinski definition) is 1. The molecule has 0 atom stereocenters. The van der Waals surface area contributed by atoms with E-state index >= 15 is 0 Å². The van der Waals surface area contributed by atoms with Crippen molar-refractivity contribution in [3.63, 3.8) is 0 Å². The van der Waals surface area contributed by atoms with Crippen molar-refractivity contribution in [1.29, 1.82) is 0 Å². The summed E-state index contributed by atoms with van der Waals surface area (Å²) >= 11 is 6.03. The van der Waals surface area contributed by atoms with E-state index in [2.05, 4.69) is 19.2 Å². The highest BCUT2D eigenvalue weighted by Crippen LogP contribution is 2.29. The Labute approximate surface area is 104 Å². The first kappa shape index (κ1) is 13.8. The predicted molar refractivity (Wildman–Crippen MR) is 68.8 cm³/mol. The topological polar surface area (TPSA) is 29.1 Å². The molecule has 94 valence electrons. The van der Waals surface area contributed by atoms with E-state index in [1.165, 1.54) is 19.3 Å². The first-order valence-corrected chi connectivity index (χ1v) is 6.98. The van der Waals surface area contributed by atoms with Crippen LogP contribution >= 0.6 is 11.6 Å². The molecule has 1 saturated carbocycles. The van der Waals surface area contributed by atoms with Crippen LogP contribution in [0.15, 0.2) is 0 Å². The molecule has 0 aromatic rings. The first-order chi connectivity index (χ1) is 7.58. The van der Waals surface area contributed by atoms with Gasteiger partial charge >= 0.3 is 0 Å². The number of halogens is 1. The van der Waals surface area contributed by atoms with Gasteiger partial charge in [0.15, 0.2) is 0 Å². The van der Waals surface area contributed by atoms with E-state index in [0.29, 0.717) is 18.2 Å². The Morgan fingerprint density at radius 3 is 2.44 bits per heavy atom. The third-order valence-corrected chi connectivity index (χ3v) is 3.93. The Morgan fingerprint density at radius 1 is 1.31 bits per heavy atom. The summed E-state index contributed by atoms with van der Waals surface area (Å²) in [6, 6.07) is 0. The van der Waals surface area contributed by atoms with Gasteiger partial charge in [-0.2, -0.15) is 0 Å². The van der Waals surface area contributed by atoms with Gasteiger partial charge in [0, 0.05) is 12.3 Å². The lowest BCUT2D eigenvalue weighted by Gasteiger charge is -2.36. The molecule has 0 bridgehead atoms. The molecule has 0 spiro atoms. The van der Waals surface area contributed by atoms with Crippen molar-refractivity contribution in [1.82, 2.24) is 5.32 Å². The smallest absolute Gasteiger partial charge is 0.220 e. The third-order valence-electron chi connectivity index (χ3n) is 3.42. The average Bonchev–Trinajstić information content (AvgIpc) is 2.28. The van der Waals surface area contributed by atoms with Crippen molar-refractivity contribution in [3.05, 3.63) is 0 Å². The lowest BCUT2D eigenvalue weighted by atomic mass is 9.83. The molecule has 16 heavy (non-hydrogen) atoms. The number of hydrogen-bond donors (Lipinski definition) is 1. The van der Waals surface area contributed by atoms with Crippen molar-refractivity contribution < 1.29 is 4.79 Å². The van der Waals surface area contributed by atoms with E-state index in [1.807, 2.05) is 0 Å². The Bertz CT molecular complexity index is 222. The standard InChI is InChI=1S/C13H24ClNO/c1-11(2)6-7-12(16)15-13(10-14)8-4-3-5-9-13/h11H,3-10H2,1-2H3,(H,15,16). The molecule has 0 radical (unpaired) electrons. The third kappa shape index (κ3) is 4.32. The maximum absolute atomic E-state index is 11.8. The van der Waals surface area contributed by atoms with Crippen molar-refractivity contribution in [2.24, 2.45) is 5.92 Å². The molecule has 3 heteroatoms. The first-order valence-electron chi connectivity index (χ1n) is 6.45. The molecule has 0 aromatic heterocycles. The van der Waals surface area contributed by atoms with Crippen LogP contribution in [0.25, 0.3) is 0 Å². The van der Waals surface area contributed by atoms with Gasteiger partial charge < -0.3 is 5.32 Å². The maximum Gasteiger partial charge on any atom is 0.220 e. The van der Waals surface area contributed by atoms with Gasteiger partial charge in [-0.15, -0.1) is 11.6 Å². The van der Waals surface area contributed by atoms with Crippen LogP contribution in [-0.2, 0) is 4.79 Å². The quantitative estimate of drug-likeness (QED) is 0.739. The molecule has 0 saturated heterocycles. The lowest BCUT2D eigenvalue weighted by molar-refractivity contribution is -0.123. The molecule has 0 aliphatic heterocycles. The summed E-state index contributed by atoms with van der Waals surface area (Å²) in [4.78, 5) is 11.8. The fraction of sp³-hybridized carbons (Fsp3) is 0.923. The summed E-state index contributed by atoms with van der Waals surface area (Å²) in [6.07, 6.45) is 7.35. The van der Waals surface area contributed by atoms with E-state index in [1.54, 1.807) is 0 Å². The van der Waals surface area contributed by atoms with E-state index in [0.717, 1.165) is 19.3 Å². The summed E-state index contributed by atoms with van der Waals surface area (Å²) in [6.45, 7) is 4.29. The second kappa shape index (κ2) is 6.48. The number of amides is 1. The van der Waals surface area contributed by atoms with Gasteiger partial charge in [-0.05, 0) is 25.2 Å². The second-order valence-electron chi connectivity index (χ2n) is 5.46. The van der Waals surface area contributed by atoms with Crippen LogP contribution < -0.4 is 5.32 Å². The average molecular weight is 246 g/mol. The molecule has 1 fully saturated rings. The van der Waals surface area contributed by atoms with Gasteiger partial charge in [-0.3, -0.25) is 4.79 Å². The predicted octanol–water partition coefficient (Wildman–Crippen LogP) is 3.48. The van der Waals surface area contributed by atoms with E-state index in [9.17, 15) is 4.79 Å². The van der Waals surface area contributed by atoms with Crippen LogP contribution in [0.5, 0.6) is 0 Å². The van der Waals surface area contributed by atoms with E-state index in [-0.39, 0.29) is 11.4 Å². The van der Waals surface area contributed by atoms with Crippen LogP contribution in [-0.4, -0.2) is 17.3 Å². The number of carbonyl (C=O) groups excluding carboxylic acids is 1. The Morgan fingerprint density at radius 2 is 1.94 bits per heavy atom. The summed E-state index contributed by atoms with van der Waals surface area (Å²) < 4.78 is 0. The zero-order valence-corrected chi connectivity index (χ0v) is 11.3. The molecule has 2 nitrogen and oxygen atoms in total. The fourth-order valence-electron chi connectivity index (χ4n) is 2.30. The van der Waals surface area contributed by atoms with Crippen molar-refractivity contribution >= 4 is 17.5 Å². The highest BCUT2D eigenvalue weighted by Gasteiger charge is 2.32. The minimum Gasteiger partial charge on any atom is -0.349 e. The van der Waals surface area contributed by atoms with Gasteiger partial charge in [0.25, 0.3) is 0 Å². The van der Waals surface area contributed by atoms with Crippen LogP contribution in [0.2, 0.25) is 0 Å². The van der Waals surface area contributed by atoms with E-state index in [4.69, 9.17) is 11.6 Å². The van der Waals surface area contributed by atoms with Gasteiger partial charge in [-0.25, -0.2) is 0 Å². The molecule has 1 N–H and O–H groups in total. The van der Waals surface area contributed by atoms with Gasteiger partial charge in [0.05, 0.1) is 5.54 Å². The zero-order chi connectivity index (χ0) is 12.0. The number of rotatable bonds is 5.